The van der Waals surface area contributed by atoms with Crippen LogP contribution in [0.2, 0.25) is 0 Å². The van der Waals surface area contributed by atoms with Crippen LogP contribution in [0.25, 0.3) is 0 Å². The molecule has 1 aromatic rings. The molecule has 1 heterocycles. The monoisotopic (exact) mass is 203 g/mol. The average Bonchev–Trinajstić information content (AvgIpc) is 2.67. The van der Waals surface area contributed by atoms with Crippen molar-refractivity contribution >= 4 is 0 Å². The molecule has 0 aromatic heterocycles. The lowest BCUT2D eigenvalue weighted by molar-refractivity contribution is 0.472. The molecule has 1 nitrogen and oxygen atoms in total. The van der Waals surface area contributed by atoms with Gasteiger partial charge in [-0.1, -0.05) is 37.6 Å². The largest absolute Gasteiger partial charge is 0.316 e. The van der Waals surface area contributed by atoms with Gasteiger partial charge < -0.3 is 5.32 Å². The van der Waals surface area contributed by atoms with Gasteiger partial charge in [-0.3, -0.25) is 0 Å². The van der Waals surface area contributed by atoms with Crippen molar-refractivity contribution in [2.24, 2.45) is 5.92 Å². The maximum absolute atomic E-state index is 3.53. The predicted molar refractivity (Wildman–Crippen MR) is 65.2 cm³/mol. The lowest BCUT2D eigenvalue weighted by Crippen LogP contribution is -2.11. The standard InChI is InChI=1S/C14H21N/c1-3-6-12-9-15-10-14(12)13-8-5-4-7-11(13)2/h4-5,7-8,12,14-15H,3,6,9-10H2,1-2H3/t12-,14+/m0/s1. The van der Waals surface area contributed by atoms with E-state index in [9.17, 15) is 0 Å². The maximum atomic E-state index is 3.53. The van der Waals surface area contributed by atoms with E-state index in [1.807, 2.05) is 0 Å². The van der Waals surface area contributed by atoms with Crippen LogP contribution >= 0.6 is 0 Å². The molecular formula is C14H21N. The summed E-state index contributed by atoms with van der Waals surface area (Å²) in [5, 5.41) is 3.53. The van der Waals surface area contributed by atoms with E-state index in [-0.39, 0.29) is 0 Å². The zero-order valence-corrected chi connectivity index (χ0v) is 9.79. The van der Waals surface area contributed by atoms with Crippen LogP contribution in [-0.4, -0.2) is 13.1 Å². The van der Waals surface area contributed by atoms with E-state index in [2.05, 4.69) is 43.4 Å². The smallest absolute Gasteiger partial charge is 0.00235 e. The summed E-state index contributed by atoms with van der Waals surface area (Å²) in [5.41, 5.74) is 3.01. The SMILES string of the molecule is CCC[C@H]1CNC[C@H]1c1ccccc1C. The summed E-state index contributed by atoms with van der Waals surface area (Å²) >= 11 is 0. The van der Waals surface area contributed by atoms with Crippen LogP contribution in [0.3, 0.4) is 0 Å². The second-order valence-corrected chi connectivity index (χ2v) is 4.67. The van der Waals surface area contributed by atoms with Crippen molar-refractivity contribution in [1.82, 2.24) is 5.32 Å². The zero-order chi connectivity index (χ0) is 10.7. The van der Waals surface area contributed by atoms with Gasteiger partial charge in [-0.25, -0.2) is 0 Å². The molecule has 1 fully saturated rings. The van der Waals surface area contributed by atoms with Crippen LogP contribution in [0.4, 0.5) is 0 Å². The molecule has 0 unspecified atom stereocenters. The number of aryl methyl sites for hydroxylation is 1. The fourth-order valence-corrected chi connectivity index (χ4v) is 2.77. The Morgan fingerprint density at radius 2 is 2.07 bits per heavy atom. The quantitative estimate of drug-likeness (QED) is 0.796. The highest BCUT2D eigenvalue weighted by molar-refractivity contribution is 5.30. The summed E-state index contributed by atoms with van der Waals surface area (Å²) in [6.45, 7) is 6.88. The molecule has 0 aliphatic carbocycles. The molecule has 1 saturated heterocycles. The molecule has 2 rings (SSSR count). The van der Waals surface area contributed by atoms with Crippen LogP contribution < -0.4 is 5.32 Å². The van der Waals surface area contributed by atoms with Gasteiger partial charge in [-0.2, -0.15) is 0 Å². The molecule has 1 N–H and O–H groups in total. The van der Waals surface area contributed by atoms with Gasteiger partial charge in [-0.15, -0.1) is 0 Å². The summed E-state index contributed by atoms with van der Waals surface area (Å²) in [7, 11) is 0. The third-order valence-corrected chi connectivity index (χ3v) is 3.59. The fraction of sp³-hybridized carbons (Fsp3) is 0.571. The number of nitrogens with one attached hydrogen (secondary N) is 1. The molecule has 1 heteroatoms. The Bertz CT molecular complexity index is 319. The maximum Gasteiger partial charge on any atom is 0.00235 e. The van der Waals surface area contributed by atoms with Crippen LogP contribution in [0.5, 0.6) is 0 Å². The number of hydrogen-bond donors (Lipinski definition) is 1. The van der Waals surface area contributed by atoms with Gasteiger partial charge in [0.15, 0.2) is 0 Å². The van der Waals surface area contributed by atoms with Gasteiger partial charge in [0.2, 0.25) is 0 Å². The van der Waals surface area contributed by atoms with E-state index in [4.69, 9.17) is 0 Å². The highest BCUT2D eigenvalue weighted by Crippen LogP contribution is 2.32. The first kappa shape index (κ1) is 10.7. The summed E-state index contributed by atoms with van der Waals surface area (Å²) in [6, 6.07) is 8.84. The van der Waals surface area contributed by atoms with Crippen molar-refractivity contribution < 1.29 is 0 Å². The summed E-state index contributed by atoms with van der Waals surface area (Å²) in [5.74, 6) is 1.59. The first-order chi connectivity index (χ1) is 7.33. The molecule has 1 aromatic carbocycles. The van der Waals surface area contributed by atoms with E-state index in [1.54, 1.807) is 5.56 Å². The van der Waals surface area contributed by atoms with Crippen molar-refractivity contribution in [3.63, 3.8) is 0 Å². The number of hydrogen-bond acceptors (Lipinski definition) is 1. The normalized spacial score (nSPS) is 25.7. The molecule has 1 aliphatic rings. The van der Waals surface area contributed by atoms with E-state index in [0.29, 0.717) is 0 Å². The molecule has 0 radical (unpaired) electrons. The predicted octanol–water partition coefficient (Wildman–Crippen LogP) is 3.10. The fourth-order valence-electron chi connectivity index (χ4n) is 2.77. The lowest BCUT2D eigenvalue weighted by Gasteiger charge is -2.20. The Morgan fingerprint density at radius 3 is 2.80 bits per heavy atom. The highest BCUT2D eigenvalue weighted by Gasteiger charge is 2.28. The molecule has 82 valence electrons. The van der Waals surface area contributed by atoms with Crippen molar-refractivity contribution in [2.75, 3.05) is 13.1 Å². The molecular weight excluding hydrogens is 182 g/mol. The van der Waals surface area contributed by atoms with E-state index >= 15 is 0 Å². The molecule has 0 saturated carbocycles. The summed E-state index contributed by atoms with van der Waals surface area (Å²) in [6.07, 6.45) is 2.65. The third kappa shape index (κ3) is 2.23. The molecule has 15 heavy (non-hydrogen) atoms. The van der Waals surface area contributed by atoms with Gasteiger partial charge in [0.1, 0.15) is 0 Å². The Balaban J connectivity index is 2.19. The lowest BCUT2D eigenvalue weighted by atomic mass is 9.84. The van der Waals surface area contributed by atoms with Crippen LogP contribution in [-0.2, 0) is 0 Å². The minimum Gasteiger partial charge on any atom is -0.316 e. The van der Waals surface area contributed by atoms with E-state index < -0.39 is 0 Å². The second kappa shape index (κ2) is 4.80. The van der Waals surface area contributed by atoms with Gasteiger partial charge in [0, 0.05) is 12.5 Å². The van der Waals surface area contributed by atoms with Crippen molar-refractivity contribution in [3.8, 4) is 0 Å². The minimum absolute atomic E-state index is 0.742. The number of benzene rings is 1. The molecule has 0 bridgehead atoms. The molecule has 1 aliphatic heterocycles. The van der Waals surface area contributed by atoms with Gasteiger partial charge in [-0.05, 0) is 36.9 Å². The van der Waals surface area contributed by atoms with Crippen LogP contribution in [0, 0.1) is 12.8 Å². The molecule has 0 amide bonds. The van der Waals surface area contributed by atoms with E-state index in [1.165, 1.54) is 24.9 Å². The van der Waals surface area contributed by atoms with Gasteiger partial charge in [0.05, 0.1) is 0 Å². The Labute approximate surface area is 92.9 Å². The van der Waals surface area contributed by atoms with Gasteiger partial charge in [0.25, 0.3) is 0 Å². The Kier molecular flexibility index (Phi) is 3.42. The van der Waals surface area contributed by atoms with Crippen molar-refractivity contribution in [2.45, 2.75) is 32.6 Å². The Morgan fingerprint density at radius 1 is 1.27 bits per heavy atom. The summed E-state index contributed by atoms with van der Waals surface area (Å²) < 4.78 is 0. The zero-order valence-electron chi connectivity index (χ0n) is 9.79. The van der Waals surface area contributed by atoms with Crippen molar-refractivity contribution in [1.29, 1.82) is 0 Å². The molecule has 2 atom stereocenters. The van der Waals surface area contributed by atoms with Crippen LogP contribution in [0.15, 0.2) is 24.3 Å². The first-order valence-corrected chi connectivity index (χ1v) is 6.09. The van der Waals surface area contributed by atoms with E-state index in [0.717, 1.165) is 18.4 Å². The second-order valence-electron chi connectivity index (χ2n) is 4.67. The topological polar surface area (TPSA) is 12.0 Å². The van der Waals surface area contributed by atoms with Crippen molar-refractivity contribution in [3.05, 3.63) is 35.4 Å². The minimum atomic E-state index is 0.742. The molecule has 0 spiro atoms. The van der Waals surface area contributed by atoms with Crippen LogP contribution in [0.1, 0.15) is 36.8 Å². The number of rotatable bonds is 3. The Hall–Kier alpha value is -0.820. The third-order valence-electron chi connectivity index (χ3n) is 3.59. The highest BCUT2D eigenvalue weighted by atomic mass is 14.9. The van der Waals surface area contributed by atoms with Gasteiger partial charge >= 0.3 is 0 Å². The summed E-state index contributed by atoms with van der Waals surface area (Å²) in [4.78, 5) is 0. The average molecular weight is 203 g/mol. The first-order valence-electron chi connectivity index (χ1n) is 6.09.